The molecule has 0 aliphatic heterocycles. The van der Waals surface area contributed by atoms with Crippen LogP contribution in [0.15, 0.2) is 58.8 Å². The first-order valence-corrected chi connectivity index (χ1v) is 11.2. The molecule has 6 nitrogen and oxygen atoms in total. The number of benzene rings is 2. The van der Waals surface area contributed by atoms with Crippen LogP contribution in [-0.2, 0) is 6.67 Å². The lowest BCUT2D eigenvalue weighted by molar-refractivity contribution is -0.923. The Morgan fingerprint density at radius 2 is 1.65 bits per heavy atom. The largest absolute Gasteiger partial charge is 0.493 e. The van der Waals surface area contributed by atoms with Gasteiger partial charge >= 0.3 is 0 Å². The molecule has 0 saturated carbocycles. The Bertz CT molecular complexity index is 1030. The fraction of sp³-hybridized carbons (Fsp3) is 0.400. The van der Waals surface area contributed by atoms with E-state index in [9.17, 15) is 9.90 Å². The molecule has 1 aromatic heterocycles. The van der Waals surface area contributed by atoms with Gasteiger partial charge in [0.15, 0.2) is 12.4 Å². The molecule has 1 heterocycles. The van der Waals surface area contributed by atoms with E-state index in [0.717, 1.165) is 55.2 Å². The molecular formula is C25H33N4O2+. The summed E-state index contributed by atoms with van der Waals surface area (Å²) in [6, 6.07) is 15.0. The fourth-order valence-electron chi connectivity index (χ4n) is 3.74. The number of azo groups is 1. The molecule has 0 radical (unpaired) electrons. The van der Waals surface area contributed by atoms with E-state index in [1.165, 1.54) is 4.90 Å². The molecule has 0 unspecified atom stereocenters. The van der Waals surface area contributed by atoms with E-state index < -0.39 is 5.91 Å². The number of para-hydroxylation sites is 1. The van der Waals surface area contributed by atoms with Crippen LogP contribution in [0.2, 0.25) is 0 Å². The SMILES string of the molecule is CCCC[NH+](CCCC)Cn1c(O)c(N=NC(=O)c2ccc(C)cc2)c2ccccc21. The zero-order valence-corrected chi connectivity index (χ0v) is 18.8. The number of carbonyl (C=O) groups is 1. The number of nitrogens with one attached hydrogen (secondary N) is 1. The van der Waals surface area contributed by atoms with Gasteiger partial charge in [-0.15, -0.1) is 10.2 Å². The van der Waals surface area contributed by atoms with Crippen LogP contribution in [0, 0.1) is 6.92 Å². The van der Waals surface area contributed by atoms with Crippen LogP contribution in [0.3, 0.4) is 0 Å². The maximum absolute atomic E-state index is 12.4. The second kappa shape index (κ2) is 10.9. The van der Waals surface area contributed by atoms with E-state index in [4.69, 9.17) is 0 Å². The van der Waals surface area contributed by atoms with Crippen LogP contribution < -0.4 is 4.90 Å². The number of hydrogen-bond donors (Lipinski definition) is 2. The summed E-state index contributed by atoms with van der Waals surface area (Å²) < 4.78 is 1.90. The average Bonchev–Trinajstić information content (AvgIpc) is 3.05. The van der Waals surface area contributed by atoms with Crippen LogP contribution >= 0.6 is 0 Å². The summed E-state index contributed by atoms with van der Waals surface area (Å²) in [6.07, 6.45) is 4.59. The van der Waals surface area contributed by atoms with Gasteiger partial charge in [-0.3, -0.25) is 9.36 Å². The molecular weight excluding hydrogens is 388 g/mol. The van der Waals surface area contributed by atoms with Crippen molar-refractivity contribution in [3.8, 4) is 5.88 Å². The van der Waals surface area contributed by atoms with Gasteiger partial charge in [0.2, 0.25) is 5.88 Å². The average molecular weight is 422 g/mol. The third kappa shape index (κ3) is 5.58. The molecule has 0 fully saturated rings. The molecule has 164 valence electrons. The molecule has 0 aliphatic carbocycles. The summed E-state index contributed by atoms with van der Waals surface area (Å²) in [5.41, 5.74) is 2.81. The lowest BCUT2D eigenvalue weighted by Gasteiger charge is -2.20. The Balaban J connectivity index is 1.91. The fourth-order valence-corrected chi connectivity index (χ4v) is 3.74. The van der Waals surface area contributed by atoms with Gasteiger partial charge in [0, 0.05) is 10.9 Å². The molecule has 2 aromatic carbocycles. The molecule has 0 aliphatic rings. The van der Waals surface area contributed by atoms with Gasteiger partial charge in [0.25, 0.3) is 5.91 Å². The summed E-state index contributed by atoms with van der Waals surface area (Å²) in [4.78, 5) is 13.9. The van der Waals surface area contributed by atoms with Crippen molar-refractivity contribution in [2.75, 3.05) is 13.1 Å². The molecule has 6 heteroatoms. The lowest BCUT2D eigenvalue weighted by atomic mass is 10.1. The Kier molecular flexibility index (Phi) is 7.95. The molecule has 0 bridgehead atoms. The lowest BCUT2D eigenvalue weighted by Crippen LogP contribution is -3.11. The standard InChI is InChI=1S/C25H32N4O2/c1-4-6-16-28(17-7-5-2)18-29-22-11-9-8-10-21(22)23(25(29)31)26-27-24(30)20-14-12-19(3)13-15-20/h8-15,31H,4-7,16-18H2,1-3H3/p+1. The molecule has 3 rings (SSSR count). The van der Waals surface area contributed by atoms with Crippen LogP contribution in [0.25, 0.3) is 10.9 Å². The normalized spacial score (nSPS) is 11.7. The summed E-state index contributed by atoms with van der Waals surface area (Å²) >= 11 is 0. The topological polar surface area (TPSA) is 71.4 Å². The van der Waals surface area contributed by atoms with Crippen molar-refractivity contribution < 1.29 is 14.8 Å². The zero-order valence-electron chi connectivity index (χ0n) is 18.8. The predicted octanol–water partition coefficient (Wildman–Crippen LogP) is 5.02. The molecule has 0 atom stereocenters. The maximum Gasteiger partial charge on any atom is 0.295 e. The Morgan fingerprint density at radius 3 is 2.29 bits per heavy atom. The van der Waals surface area contributed by atoms with Crippen molar-refractivity contribution in [3.63, 3.8) is 0 Å². The van der Waals surface area contributed by atoms with E-state index >= 15 is 0 Å². The molecule has 3 aromatic rings. The molecule has 1 amide bonds. The summed E-state index contributed by atoms with van der Waals surface area (Å²) in [5.74, 6) is -0.360. The first-order valence-electron chi connectivity index (χ1n) is 11.2. The number of aryl methyl sites for hydroxylation is 1. The Labute approximate surface area is 184 Å². The number of quaternary nitrogens is 1. The Morgan fingerprint density at radius 1 is 1.00 bits per heavy atom. The number of aromatic hydroxyl groups is 1. The highest BCUT2D eigenvalue weighted by Crippen LogP contribution is 2.38. The van der Waals surface area contributed by atoms with Gasteiger partial charge in [-0.05, 0) is 38.0 Å². The highest BCUT2D eigenvalue weighted by Gasteiger charge is 2.20. The minimum absolute atomic E-state index is 0.0622. The van der Waals surface area contributed by atoms with E-state index in [0.29, 0.717) is 17.9 Å². The van der Waals surface area contributed by atoms with Gasteiger partial charge in [0.05, 0.1) is 18.6 Å². The highest BCUT2D eigenvalue weighted by atomic mass is 16.3. The number of unbranched alkanes of at least 4 members (excludes halogenated alkanes) is 2. The summed E-state index contributed by atoms with van der Waals surface area (Å²) in [5, 5.41) is 19.9. The number of carbonyl (C=O) groups excluding carboxylic acids is 1. The summed E-state index contributed by atoms with van der Waals surface area (Å²) in [7, 11) is 0. The quantitative estimate of drug-likeness (QED) is 0.451. The first kappa shape index (κ1) is 22.7. The van der Waals surface area contributed by atoms with Gasteiger partial charge in [-0.1, -0.05) is 62.6 Å². The number of amides is 1. The second-order valence-corrected chi connectivity index (χ2v) is 8.10. The molecule has 0 spiro atoms. The van der Waals surface area contributed by atoms with Crippen molar-refractivity contribution in [2.24, 2.45) is 10.2 Å². The van der Waals surface area contributed by atoms with Gasteiger partial charge < -0.3 is 10.0 Å². The minimum Gasteiger partial charge on any atom is -0.493 e. The zero-order chi connectivity index (χ0) is 22.2. The summed E-state index contributed by atoms with van der Waals surface area (Å²) in [6.45, 7) is 9.15. The van der Waals surface area contributed by atoms with Crippen molar-refractivity contribution in [2.45, 2.75) is 53.1 Å². The van der Waals surface area contributed by atoms with E-state index in [2.05, 4.69) is 24.1 Å². The molecule has 31 heavy (non-hydrogen) atoms. The number of fused-ring (bicyclic) bond motifs is 1. The first-order chi connectivity index (χ1) is 15.0. The van der Waals surface area contributed by atoms with E-state index in [1.807, 2.05) is 47.9 Å². The highest BCUT2D eigenvalue weighted by molar-refractivity contribution is 5.97. The van der Waals surface area contributed by atoms with Crippen LogP contribution in [0.5, 0.6) is 5.88 Å². The van der Waals surface area contributed by atoms with Crippen molar-refractivity contribution in [1.29, 1.82) is 0 Å². The smallest absolute Gasteiger partial charge is 0.295 e. The third-order valence-corrected chi connectivity index (χ3v) is 5.61. The number of nitrogens with zero attached hydrogens (tertiary/aromatic N) is 3. The minimum atomic E-state index is -0.422. The van der Waals surface area contributed by atoms with E-state index in [1.54, 1.807) is 12.1 Å². The van der Waals surface area contributed by atoms with Crippen molar-refractivity contribution >= 4 is 22.5 Å². The number of hydrogen-bond acceptors (Lipinski definition) is 3. The molecule has 0 saturated heterocycles. The van der Waals surface area contributed by atoms with Crippen LogP contribution in [0.4, 0.5) is 5.69 Å². The van der Waals surface area contributed by atoms with Gasteiger partial charge in [-0.25, -0.2) is 0 Å². The van der Waals surface area contributed by atoms with Crippen LogP contribution in [0.1, 0.15) is 55.5 Å². The van der Waals surface area contributed by atoms with E-state index in [-0.39, 0.29) is 5.88 Å². The monoisotopic (exact) mass is 421 g/mol. The van der Waals surface area contributed by atoms with Gasteiger partial charge in [0.1, 0.15) is 0 Å². The van der Waals surface area contributed by atoms with Crippen molar-refractivity contribution in [1.82, 2.24) is 4.57 Å². The van der Waals surface area contributed by atoms with Gasteiger partial charge in [-0.2, -0.15) is 0 Å². The third-order valence-electron chi connectivity index (χ3n) is 5.61. The second-order valence-electron chi connectivity index (χ2n) is 8.10. The Hall–Kier alpha value is -2.99. The number of rotatable bonds is 10. The molecule has 2 N–H and O–H groups in total. The van der Waals surface area contributed by atoms with Crippen LogP contribution in [-0.4, -0.2) is 28.7 Å². The number of aromatic nitrogens is 1. The van der Waals surface area contributed by atoms with Crippen molar-refractivity contribution in [3.05, 3.63) is 59.7 Å². The maximum atomic E-state index is 12.4. The predicted molar refractivity (Wildman–Crippen MR) is 124 cm³/mol.